The quantitative estimate of drug-likeness (QED) is 0.116. The van der Waals surface area contributed by atoms with Gasteiger partial charge in [-0.1, -0.05) is 14.9 Å². The number of ether oxygens (including phenoxy) is 4. The predicted molar refractivity (Wildman–Crippen MR) is 221 cm³/mol. The number of nitrogens with zero attached hydrogens (tertiary/aromatic N) is 8. The fraction of sp³-hybridized carbons (Fsp3) is 0.450. The van der Waals surface area contributed by atoms with Gasteiger partial charge in [0.1, 0.15) is 0 Å². The first-order valence-electron chi connectivity index (χ1n) is 19.2. The molecule has 0 unspecified atom stereocenters. The van der Waals surface area contributed by atoms with Gasteiger partial charge in [-0.15, -0.1) is 20.4 Å². The molecule has 0 N–H and O–H groups in total. The molecule has 0 radical (unpaired) electrons. The maximum absolute atomic E-state index is 14.3. The molecule has 3 aliphatic heterocycles. The van der Waals surface area contributed by atoms with Crippen molar-refractivity contribution in [3.05, 3.63) is 88.9 Å². The van der Waals surface area contributed by atoms with E-state index in [0.717, 1.165) is 28.9 Å². The summed E-state index contributed by atoms with van der Waals surface area (Å²) in [6.45, 7) is 4.33. The van der Waals surface area contributed by atoms with E-state index in [4.69, 9.17) is 18.8 Å². The molecule has 3 saturated heterocycles. The summed E-state index contributed by atoms with van der Waals surface area (Å²) in [6, 6.07) is 7.44. The average Bonchev–Trinajstić information content (AvgIpc) is 3.87. The van der Waals surface area contributed by atoms with E-state index in [9.17, 15) is 61.5 Å². The lowest BCUT2D eigenvalue weighted by Crippen LogP contribution is -2.64. The van der Waals surface area contributed by atoms with Gasteiger partial charge in [0.25, 0.3) is 23.0 Å². The zero-order valence-electron chi connectivity index (χ0n) is 34.9. The van der Waals surface area contributed by atoms with E-state index >= 15 is 0 Å². The van der Waals surface area contributed by atoms with E-state index in [-0.39, 0.29) is 42.7 Å². The number of fused-ring (bicyclic) bond motifs is 2. The largest absolute Gasteiger partial charge is 0.496 e. The second-order valence-corrected chi connectivity index (χ2v) is 17.0. The van der Waals surface area contributed by atoms with Crippen molar-refractivity contribution in [2.75, 3.05) is 26.4 Å². The van der Waals surface area contributed by atoms with Crippen molar-refractivity contribution in [1.29, 1.82) is 0 Å². The Balaban J connectivity index is 0.000000203. The van der Waals surface area contributed by atoms with Gasteiger partial charge in [-0.05, 0) is 80.0 Å². The molecule has 14 nitrogen and oxygen atoms in total. The lowest BCUT2D eigenvalue weighted by molar-refractivity contribution is -0.324. The molecule has 6 aromatic heterocycles. The summed E-state index contributed by atoms with van der Waals surface area (Å²) in [5.41, 5.74) is -6.05. The Morgan fingerprint density at radius 1 is 0.586 bits per heavy atom. The molecular weight excluding hydrogens is 1050 g/mol. The molecule has 30 heteroatoms. The standard InChI is InChI=1S/C16H9F7N4O2.C15H18BF4NO4.C7H3BrF3N3.2CH4/c17-10-3-9(4-24-12(10)29-14(6-28-7-14)16(21,22)23)8-1-2-11-25-26-13(15(18,19)20)27(11)5-8;1-12(2)13(3,4)25-16(24-12)9-5-10(17)11(21-6-9)23-14(7-22-8-14)15(18,19)20;8-4-1-2-5-12-13-6(7(9,10)11)14(5)3-4;;/h1-5H,6-7H2;5-6H,7-8H2,1-4H3;1-3H;2*1H4. The van der Waals surface area contributed by atoms with Crippen LogP contribution in [0.5, 0.6) is 11.8 Å². The first-order valence-corrected chi connectivity index (χ1v) is 20.0. The average molecular weight is 1080 g/mol. The summed E-state index contributed by atoms with van der Waals surface area (Å²) in [7, 11) is -0.871. The van der Waals surface area contributed by atoms with Crippen molar-refractivity contribution >= 4 is 39.8 Å². The van der Waals surface area contributed by atoms with E-state index in [2.05, 4.69) is 55.8 Å². The molecule has 9 rings (SSSR count). The van der Waals surface area contributed by atoms with Crippen molar-refractivity contribution in [2.24, 2.45) is 0 Å². The summed E-state index contributed by atoms with van der Waals surface area (Å²) >= 11 is 3.07. The Hall–Kier alpha value is -5.46. The molecule has 0 amide bonds. The monoisotopic (exact) mass is 1080 g/mol. The maximum atomic E-state index is 14.3. The zero-order chi connectivity index (χ0) is 50.0. The summed E-state index contributed by atoms with van der Waals surface area (Å²) in [4.78, 5) is 7.24. The Labute approximate surface area is 395 Å². The van der Waals surface area contributed by atoms with Gasteiger partial charge in [-0.3, -0.25) is 8.80 Å². The van der Waals surface area contributed by atoms with Gasteiger partial charge < -0.3 is 28.3 Å². The summed E-state index contributed by atoms with van der Waals surface area (Å²) in [5, 5.41) is 12.9. The van der Waals surface area contributed by atoms with Gasteiger partial charge in [-0.25, -0.2) is 18.7 Å². The highest BCUT2D eigenvalue weighted by Gasteiger charge is 2.64. The van der Waals surface area contributed by atoms with Crippen molar-refractivity contribution in [3.63, 3.8) is 0 Å². The molecule has 3 aliphatic rings. The fourth-order valence-corrected chi connectivity index (χ4v) is 6.44. The first-order chi connectivity index (χ1) is 31.4. The first kappa shape index (κ1) is 55.5. The van der Waals surface area contributed by atoms with Crippen LogP contribution in [0.4, 0.5) is 61.5 Å². The number of aromatic nitrogens is 8. The van der Waals surface area contributed by atoms with Crippen molar-refractivity contribution in [1.82, 2.24) is 39.2 Å². The van der Waals surface area contributed by atoms with Crippen molar-refractivity contribution < 1.29 is 89.7 Å². The SMILES string of the molecule is C.C.CC1(C)OB(c2cnc(OC3(C(F)(F)F)COC3)c(F)c2)OC1(C)C.FC(F)(F)c1nnc2ccc(Br)cn12.Fc1cc(-c2ccc3nnc(C(F)(F)F)n3c2)cnc1OC1(C(F)(F)F)COC1. The lowest BCUT2D eigenvalue weighted by Gasteiger charge is -2.41. The minimum Gasteiger partial charge on any atom is -0.454 e. The zero-order valence-corrected chi connectivity index (χ0v) is 36.5. The summed E-state index contributed by atoms with van der Waals surface area (Å²) in [5.74, 6) is -6.16. The van der Waals surface area contributed by atoms with Gasteiger partial charge in [0.05, 0.1) is 37.6 Å². The van der Waals surface area contributed by atoms with Crippen LogP contribution in [-0.2, 0) is 31.1 Å². The van der Waals surface area contributed by atoms with E-state index in [1.165, 1.54) is 30.6 Å². The van der Waals surface area contributed by atoms with Crippen LogP contribution in [0.15, 0.2) is 65.7 Å². The number of halogens is 15. The molecule has 0 aliphatic carbocycles. The van der Waals surface area contributed by atoms with Crippen molar-refractivity contribution in [3.8, 4) is 22.9 Å². The fourth-order valence-electron chi connectivity index (χ4n) is 6.10. The second kappa shape index (κ2) is 19.3. The van der Waals surface area contributed by atoms with Gasteiger partial charge in [0, 0.05) is 45.8 Å². The maximum Gasteiger partial charge on any atom is 0.496 e. The second-order valence-electron chi connectivity index (χ2n) is 16.1. The Morgan fingerprint density at radius 2 is 1.01 bits per heavy atom. The van der Waals surface area contributed by atoms with Crippen LogP contribution in [0.3, 0.4) is 0 Å². The highest BCUT2D eigenvalue weighted by atomic mass is 79.9. The third-order valence-electron chi connectivity index (χ3n) is 10.7. The summed E-state index contributed by atoms with van der Waals surface area (Å²) < 4.78 is 215. The van der Waals surface area contributed by atoms with Crippen molar-refractivity contribution in [2.45, 2.75) is 89.7 Å². The molecule has 9 heterocycles. The molecule has 0 aromatic carbocycles. The van der Waals surface area contributed by atoms with Gasteiger partial charge in [-0.2, -0.15) is 52.7 Å². The minimum atomic E-state index is -4.80. The van der Waals surface area contributed by atoms with E-state index < -0.39 is 116 Å². The Bertz CT molecular complexity index is 2800. The van der Waals surface area contributed by atoms with E-state index in [1.54, 1.807) is 6.07 Å². The predicted octanol–water partition coefficient (Wildman–Crippen LogP) is 9.67. The van der Waals surface area contributed by atoms with Crippen LogP contribution in [-0.4, -0.2) is 107 Å². The van der Waals surface area contributed by atoms with Gasteiger partial charge >= 0.3 is 31.8 Å². The van der Waals surface area contributed by atoms with E-state index in [0.29, 0.717) is 8.87 Å². The summed E-state index contributed by atoms with van der Waals surface area (Å²) in [6.07, 6.45) is -14.3. The number of hydrogen-bond donors (Lipinski definition) is 0. The molecule has 0 bridgehead atoms. The Kier molecular flexibility index (Phi) is 15.3. The van der Waals surface area contributed by atoms with Gasteiger partial charge in [0.15, 0.2) is 22.9 Å². The third-order valence-corrected chi connectivity index (χ3v) is 11.2. The topological polar surface area (TPSA) is 142 Å². The highest BCUT2D eigenvalue weighted by Crippen LogP contribution is 2.42. The minimum absolute atomic E-state index is 0. The number of pyridine rings is 4. The molecule has 70 heavy (non-hydrogen) atoms. The number of rotatable bonds is 6. The van der Waals surface area contributed by atoms with Crippen LogP contribution in [0.1, 0.15) is 54.2 Å². The Morgan fingerprint density at radius 3 is 1.41 bits per heavy atom. The van der Waals surface area contributed by atoms with Crippen LogP contribution in [0.2, 0.25) is 0 Å². The molecule has 6 aromatic rings. The smallest absolute Gasteiger partial charge is 0.454 e. The molecule has 0 atom stereocenters. The normalized spacial score (nSPS) is 18.0. The molecule has 382 valence electrons. The molecule has 0 saturated carbocycles. The molecular formula is C40H38BBrF14N8O6. The lowest BCUT2D eigenvalue weighted by atomic mass is 9.80. The molecule has 3 fully saturated rings. The number of hydrogen-bond acceptors (Lipinski definition) is 12. The highest BCUT2D eigenvalue weighted by molar-refractivity contribution is 9.10. The van der Waals surface area contributed by atoms with E-state index in [1.807, 2.05) is 27.7 Å². The van der Waals surface area contributed by atoms with Crippen LogP contribution < -0.4 is 14.9 Å². The molecule has 0 spiro atoms. The van der Waals surface area contributed by atoms with Crippen LogP contribution >= 0.6 is 15.9 Å². The number of alkyl halides is 12. The third kappa shape index (κ3) is 10.9. The van der Waals surface area contributed by atoms with Crippen LogP contribution in [0, 0.1) is 11.6 Å². The van der Waals surface area contributed by atoms with Crippen LogP contribution in [0.25, 0.3) is 22.4 Å². The van der Waals surface area contributed by atoms with Gasteiger partial charge in [0.2, 0.25) is 11.6 Å².